The average molecular weight is 673 g/mol. The molecule has 7 rings (SSSR count). The predicted octanol–water partition coefficient (Wildman–Crippen LogP) is 10.5. The molecule has 0 bridgehead atoms. The molecule has 2 aromatic heterocycles. The number of aliphatic hydroxyl groups is 1. The number of hydrogen-bond acceptors (Lipinski definition) is 8. The first kappa shape index (κ1) is 33.0. The molecular formula is C40H36N2O4S2. The second kappa shape index (κ2) is 15.3. The maximum atomic E-state index is 11.0. The summed E-state index contributed by atoms with van der Waals surface area (Å²) in [6.45, 7) is 3.48. The first-order chi connectivity index (χ1) is 23.3. The van der Waals surface area contributed by atoms with E-state index in [1.165, 1.54) is 16.9 Å². The topological polar surface area (TPSA) is 81.5 Å². The molecule has 1 atom stereocenters. The van der Waals surface area contributed by atoms with Crippen LogP contribution in [0.4, 0.5) is 0 Å². The van der Waals surface area contributed by atoms with Crippen molar-refractivity contribution < 1.29 is 19.4 Å². The molecule has 8 heteroatoms. The Morgan fingerprint density at radius 2 is 1.10 bits per heavy atom. The summed E-state index contributed by atoms with van der Waals surface area (Å²) < 4.78 is 13.9. The average Bonchev–Trinajstić information content (AvgIpc) is 3.71. The SMILES string of the molecule is CC(=O)CCc1ccc(Oc2nc3ccccc3s2)cc1.CC(O)(CCc1ccc(Oc2nc3ccccc3s2)cc1)c1ccccc1. The summed E-state index contributed by atoms with van der Waals surface area (Å²) in [5.41, 5.74) is 4.33. The Morgan fingerprint density at radius 3 is 1.58 bits per heavy atom. The van der Waals surface area contributed by atoms with Gasteiger partial charge in [-0.1, -0.05) is 102 Å². The van der Waals surface area contributed by atoms with Crippen LogP contribution in [-0.4, -0.2) is 20.9 Å². The normalized spacial score (nSPS) is 12.2. The molecule has 0 aliphatic rings. The van der Waals surface area contributed by atoms with Crippen LogP contribution >= 0.6 is 22.7 Å². The molecular weight excluding hydrogens is 637 g/mol. The van der Waals surface area contributed by atoms with Crippen LogP contribution in [0.2, 0.25) is 0 Å². The number of thiazole rings is 2. The van der Waals surface area contributed by atoms with Crippen molar-refractivity contribution in [2.24, 2.45) is 0 Å². The smallest absolute Gasteiger partial charge is 0.279 e. The minimum Gasteiger partial charge on any atom is -0.431 e. The van der Waals surface area contributed by atoms with Gasteiger partial charge in [-0.25, -0.2) is 9.97 Å². The van der Waals surface area contributed by atoms with E-state index < -0.39 is 5.60 Å². The molecule has 48 heavy (non-hydrogen) atoms. The van der Waals surface area contributed by atoms with Gasteiger partial charge in [0.2, 0.25) is 0 Å². The minimum absolute atomic E-state index is 0.213. The lowest BCUT2D eigenvalue weighted by molar-refractivity contribution is -0.116. The van der Waals surface area contributed by atoms with E-state index >= 15 is 0 Å². The van der Waals surface area contributed by atoms with Gasteiger partial charge in [0.15, 0.2) is 0 Å². The maximum absolute atomic E-state index is 11.0. The van der Waals surface area contributed by atoms with Crippen molar-refractivity contribution >= 4 is 48.9 Å². The molecule has 0 radical (unpaired) electrons. The summed E-state index contributed by atoms with van der Waals surface area (Å²) in [4.78, 5) is 19.9. The van der Waals surface area contributed by atoms with Crippen LogP contribution in [0.25, 0.3) is 20.4 Å². The van der Waals surface area contributed by atoms with Crippen LogP contribution < -0.4 is 9.47 Å². The first-order valence-electron chi connectivity index (χ1n) is 15.8. The molecule has 0 amide bonds. The summed E-state index contributed by atoms with van der Waals surface area (Å²) in [6.07, 6.45) is 2.81. The minimum atomic E-state index is -0.836. The zero-order valence-electron chi connectivity index (χ0n) is 26.8. The van der Waals surface area contributed by atoms with Gasteiger partial charge in [-0.3, -0.25) is 0 Å². The Labute approximate surface area is 288 Å². The van der Waals surface area contributed by atoms with Crippen molar-refractivity contribution in [1.82, 2.24) is 9.97 Å². The highest BCUT2D eigenvalue weighted by Gasteiger charge is 2.22. The molecule has 1 N–H and O–H groups in total. The zero-order valence-corrected chi connectivity index (χ0v) is 28.5. The van der Waals surface area contributed by atoms with Crippen LogP contribution in [0.3, 0.4) is 0 Å². The van der Waals surface area contributed by atoms with Crippen LogP contribution in [0.5, 0.6) is 21.9 Å². The number of fused-ring (bicyclic) bond motifs is 2. The molecule has 5 aromatic carbocycles. The highest BCUT2D eigenvalue weighted by molar-refractivity contribution is 7.20. The molecule has 0 saturated carbocycles. The molecule has 2 heterocycles. The third-order valence-electron chi connectivity index (χ3n) is 7.87. The second-order valence-electron chi connectivity index (χ2n) is 11.7. The number of carbonyl (C=O) groups excluding carboxylic acids is 1. The number of nitrogens with zero attached hydrogens (tertiary/aromatic N) is 2. The Kier molecular flexibility index (Phi) is 10.6. The number of ether oxygens (including phenoxy) is 2. The number of Topliss-reactive ketones (excluding diaryl/α,β-unsaturated/α-hetero) is 1. The summed E-state index contributed by atoms with van der Waals surface area (Å²) >= 11 is 3.07. The van der Waals surface area contributed by atoms with E-state index in [1.54, 1.807) is 18.3 Å². The van der Waals surface area contributed by atoms with E-state index in [4.69, 9.17) is 9.47 Å². The molecule has 0 aliphatic heterocycles. The Balaban J connectivity index is 0.000000173. The highest BCUT2D eigenvalue weighted by Crippen LogP contribution is 2.33. The lowest BCUT2D eigenvalue weighted by Crippen LogP contribution is -2.21. The van der Waals surface area contributed by atoms with Crippen LogP contribution in [0.1, 0.15) is 43.4 Å². The van der Waals surface area contributed by atoms with Crippen molar-refractivity contribution in [2.45, 2.75) is 45.1 Å². The van der Waals surface area contributed by atoms with E-state index in [0.717, 1.165) is 55.9 Å². The maximum Gasteiger partial charge on any atom is 0.279 e. The van der Waals surface area contributed by atoms with Crippen LogP contribution in [0.15, 0.2) is 127 Å². The van der Waals surface area contributed by atoms with E-state index in [-0.39, 0.29) is 5.78 Å². The van der Waals surface area contributed by atoms with Crippen molar-refractivity contribution in [3.63, 3.8) is 0 Å². The highest BCUT2D eigenvalue weighted by atomic mass is 32.1. The largest absolute Gasteiger partial charge is 0.431 e. The van der Waals surface area contributed by atoms with E-state index in [2.05, 4.69) is 9.97 Å². The van der Waals surface area contributed by atoms with Crippen LogP contribution in [0, 0.1) is 0 Å². The number of rotatable bonds is 11. The second-order valence-corrected chi connectivity index (χ2v) is 13.7. The van der Waals surface area contributed by atoms with Gasteiger partial charge in [-0.15, -0.1) is 0 Å². The van der Waals surface area contributed by atoms with Gasteiger partial charge in [0.05, 0.1) is 26.0 Å². The summed E-state index contributed by atoms with van der Waals surface area (Å²) in [5, 5.41) is 12.0. The summed E-state index contributed by atoms with van der Waals surface area (Å²) in [5.74, 6) is 1.75. The quantitative estimate of drug-likeness (QED) is 0.147. The molecule has 7 aromatic rings. The number of para-hydroxylation sites is 2. The molecule has 1 unspecified atom stereocenters. The molecule has 0 saturated heterocycles. The molecule has 0 aliphatic carbocycles. The summed E-state index contributed by atoms with van der Waals surface area (Å²) in [6, 6.07) is 41.6. The Morgan fingerprint density at radius 1 is 0.646 bits per heavy atom. The zero-order chi connectivity index (χ0) is 33.3. The fourth-order valence-corrected chi connectivity index (χ4v) is 6.76. The fraction of sp³-hybridized carbons (Fsp3) is 0.175. The molecule has 0 fully saturated rings. The van der Waals surface area contributed by atoms with E-state index in [1.807, 2.05) is 134 Å². The van der Waals surface area contributed by atoms with Gasteiger partial charge >= 0.3 is 0 Å². The monoisotopic (exact) mass is 672 g/mol. The Bertz CT molecular complexity index is 2020. The van der Waals surface area contributed by atoms with Gasteiger partial charge in [0.1, 0.15) is 17.3 Å². The number of aryl methyl sites for hydroxylation is 2. The van der Waals surface area contributed by atoms with E-state index in [0.29, 0.717) is 23.2 Å². The third-order valence-corrected chi connectivity index (χ3v) is 9.70. The van der Waals surface area contributed by atoms with Crippen molar-refractivity contribution in [2.75, 3.05) is 0 Å². The Hall–Kier alpha value is -4.89. The summed E-state index contributed by atoms with van der Waals surface area (Å²) in [7, 11) is 0. The van der Waals surface area contributed by atoms with E-state index in [9.17, 15) is 9.90 Å². The number of aromatic nitrogens is 2. The van der Waals surface area contributed by atoms with Crippen molar-refractivity contribution in [1.29, 1.82) is 0 Å². The molecule has 242 valence electrons. The van der Waals surface area contributed by atoms with Gasteiger partial charge in [-0.05, 0) is 98.3 Å². The third kappa shape index (κ3) is 8.92. The lowest BCUT2D eigenvalue weighted by atomic mass is 9.89. The van der Waals surface area contributed by atoms with Gasteiger partial charge in [0, 0.05) is 6.42 Å². The fourth-order valence-electron chi connectivity index (χ4n) is 5.09. The van der Waals surface area contributed by atoms with Gasteiger partial charge in [-0.2, -0.15) is 0 Å². The van der Waals surface area contributed by atoms with Gasteiger partial charge < -0.3 is 19.4 Å². The van der Waals surface area contributed by atoms with Gasteiger partial charge in [0.25, 0.3) is 10.4 Å². The number of hydrogen-bond donors (Lipinski definition) is 1. The number of ketones is 1. The van der Waals surface area contributed by atoms with Crippen molar-refractivity contribution in [3.05, 3.63) is 144 Å². The lowest BCUT2D eigenvalue weighted by Gasteiger charge is -2.23. The number of carbonyl (C=O) groups is 1. The number of benzene rings is 5. The van der Waals surface area contributed by atoms with Crippen LogP contribution in [-0.2, 0) is 23.2 Å². The molecule has 0 spiro atoms. The first-order valence-corrected chi connectivity index (χ1v) is 17.5. The standard InChI is InChI=1S/C23H21NO2S.C17H15NO2S/c1-23(25,18-7-3-2-4-8-18)16-15-17-11-13-19(14-12-17)26-22-24-20-9-5-6-10-21(20)27-22;1-12(19)6-7-13-8-10-14(11-9-13)20-17-18-15-4-2-3-5-16(15)21-17/h2-14,25H,15-16H2,1H3;2-5,8-11H,6-7H2,1H3. The van der Waals surface area contributed by atoms with Crippen molar-refractivity contribution in [3.8, 4) is 21.9 Å². The predicted molar refractivity (Wildman–Crippen MR) is 196 cm³/mol. The molecule has 6 nitrogen and oxygen atoms in total.